The molecule has 1 N–H and O–H groups in total. The Morgan fingerprint density at radius 1 is 0.921 bits per heavy atom. The highest BCUT2D eigenvalue weighted by Crippen LogP contribution is 2.33. The van der Waals surface area contributed by atoms with E-state index in [2.05, 4.69) is 15.2 Å². The minimum atomic E-state index is -0.642. The molecule has 3 heterocycles. The van der Waals surface area contributed by atoms with Crippen LogP contribution in [-0.4, -0.2) is 59.0 Å². The van der Waals surface area contributed by atoms with E-state index in [-0.39, 0.29) is 0 Å². The number of carbonyl (C=O) groups excluding carboxylic acids is 2. The lowest BCUT2D eigenvalue weighted by Gasteiger charge is -2.30. The Kier molecular flexibility index (Phi) is 9.04. The van der Waals surface area contributed by atoms with Crippen LogP contribution >= 0.6 is 0 Å². The van der Waals surface area contributed by atoms with Gasteiger partial charge in [0.1, 0.15) is 33.9 Å². The number of ether oxygens (including phenoxy) is 3. The molecule has 0 atom stereocenters. The third kappa shape index (κ3) is 7.47. The lowest BCUT2D eigenvalue weighted by molar-refractivity contribution is 0.00669. The van der Waals surface area contributed by atoms with Crippen molar-refractivity contribution in [2.24, 2.45) is 0 Å². The highest BCUT2D eigenvalue weighted by molar-refractivity contribution is 5.94. The third-order valence-electron chi connectivity index (χ3n) is 5.39. The summed E-state index contributed by atoms with van der Waals surface area (Å²) in [5, 5.41) is 4.05. The molecule has 1 aliphatic heterocycles. The van der Waals surface area contributed by atoms with Gasteiger partial charge >= 0.3 is 12.1 Å². The fourth-order valence-electron chi connectivity index (χ4n) is 3.86. The number of esters is 1. The Bertz CT molecular complexity index is 1260. The first-order valence-corrected chi connectivity index (χ1v) is 13.1. The van der Waals surface area contributed by atoms with Crippen LogP contribution in [0.5, 0.6) is 11.5 Å². The van der Waals surface area contributed by atoms with Gasteiger partial charge in [-0.05, 0) is 65.8 Å². The number of pyridine rings is 1. The summed E-state index contributed by atoms with van der Waals surface area (Å²) < 4.78 is 18.6. The Balaban J connectivity index is 0.00000195. The summed E-state index contributed by atoms with van der Waals surface area (Å²) in [5.41, 5.74) is 0.485. The monoisotopic (exact) mass is 524 g/mol. The molecule has 0 spiro atoms. The standard InChI is InChI=1S/C27H34N4O5.C2H6/c1-26(2,3)35-24(32)21-8-7-19(30-13-10-28-11-14-30)16-22(21)34-20-15-18-9-12-31(23(18)29-17-20)25(33)36-27(4,5)6;1-2/h7-9,12,15-17,28H,10-11,13-14H2,1-6H3;1-2H3. The van der Waals surface area contributed by atoms with E-state index in [9.17, 15) is 9.59 Å². The highest BCUT2D eigenvalue weighted by atomic mass is 16.6. The maximum atomic E-state index is 13.0. The zero-order valence-corrected chi connectivity index (χ0v) is 23.8. The zero-order chi connectivity index (χ0) is 28.1. The molecule has 9 nitrogen and oxygen atoms in total. The molecule has 0 saturated carbocycles. The molecule has 0 amide bonds. The molecule has 1 aromatic carbocycles. The molecule has 1 fully saturated rings. The van der Waals surface area contributed by atoms with Crippen LogP contribution in [0.2, 0.25) is 0 Å². The van der Waals surface area contributed by atoms with Crippen LogP contribution < -0.4 is 15.0 Å². The van der Waals surface area contributed by atoms with Gasteiger partial charge < -0.3 is 24.4 Å². The maximum Gasteiger partial charge on any atom is 0.420 e. The van der Waals surface area contributed by atoms with E-state index in [1.54, 1.807) is 24.4 Å². The van der Waals surface area contributed by atoms with Crippen LogP contribution in [0.15, 0.2) is 42.7 Å². The first kappa shape index (κ1) is 29.0. The number of carbonyl (C=O) groups is 2. The van der Waals surface area contributed by atoms with E-state index in [0.717, 1.165) is 31.9 Å². The van der Waals surface area contributed by atoms with Gasteiger partial charge in [-0.3, -0.25) is 0 Å². The Morgan fingerprint density at radius 2 is 1.58 bits per heavy atom. The van der Waals surface area contributed by atoms with Gasteiger partial charge in [-0.1, -0.05) is 13.8 Å². The van der Waals surface area contributed by atoms with Gasteiger partial charge in [0.2, 0.25) is 0 Å². The molecule has 4 rings (SSSR count). The molecule has 9 heteroatoms. The quantitative estimate of drug-likeness (QED) is 0.415. The van der Waals surface area contributed by atoms with Crippen LogP contribution in [0.25, 0.3) is 11.0 Å². The fraction of sp³-hybridized carbons (Fsp3) is 0.483. The average molecular weight is 525 g/mol. The second kappa shape index (κ2) is 11.9. The lowest BCUT2D eigenvalue weighted by atomic mass is 10.1. The molecule has 1 aliphatic rings. The van der Waals surface area contributed by atoms with Gasteiger partial charge in [-0.2, -0.15) is 0 Å². The van der Waals surface area contributed by atoms with E-state index < -0.39 is 23.3 Å². The van der Waals surface area contributed by atoms with Crippen LogP contribution in [0, 0.1) is 0 Å². The smallest absolute Gasteiger partial charge is 0.420 e. The van der Waals surface area contributed by atoms with Crippen LogP contribution in [0.4, 0.5) is 10.5 Å². The molecular formula is C29H40N4O5. The van der Waals surface area contributed by atoms with Crippen molar-refractivity contribution in [3.63, 3.8) is 0 Å². The second-order valence-corrected chi connectivity index (χ2v) is 10.8. The van der Waals surface area contributed by atoms with Crippen LogP contribution in [0.3, 0.4) is 0 Å². The molecule has 0 unspecified atom stereocenters. The van der Waals surface area contributed by atoms with Crippen molar-refractivity contribution in [3.8, 4) is 11.5 Å². The highest BCUT2D eigenvalue weighted by Gasteiger charge is 2.24. The number of hydrogen-bond donors (Lipinski definition) is 1. The molecule has 38 heavy (non-hydrogen) atoms. The van der Waals surface area contributed by atoms with Gasteiger partial charge in [0.15, 0.2) is 0 Å². The summed E-state index contributed by atoms with van der Waals surface area (Å²) in [4.78, 5) is 32.2. The first-order valence-electron chi connectivity index (χ1n) is 13.1. The number of nitrogens with zero attached hydrogens (tertiary/aromatic N) is 3. The van der Waals surface area contributed by atoms with E-state index in [4.69, 9.17) is 14.2 Å². The van der Waals surface area contributed by atoms with Gasteiger partial charge in [0, 0.05) is 49.5 Å². The fourth-order valence-corrected chi connectivity index (χ4v) is 3.86. The Labute approximate surface area is 225 Å². The SMILES string of the molecule is CC.CC(C)(C)OC(=O)c1ccc(N2CCNCC2)cc1Oc1cnc2c(ccn2C(=O)OC(C)(C)C)c1. The van der Waals surface area contributed by atoms with Crippen molar-refractivity contribution in [1.29, 1.82) is 0 Å². The summed E-state index contributed by atoms with van der Waals surface area (Å²) >= 11 is 0. The van der Waals surface area contributed by atoms with Gasteiger partial charge in [-0.15, -0.1) is 0 Å². The number of fused-ring (bicyclic) bond motifs is 1. The number of anilines is 1. The molecule has 206 valence electrons. The second-order valence-electron chi connectivity index (χ2n) is 10.8. The van der Waals surface area contributed by atoms with E-state index in [0.29, 0.717) is 28.1 Å². The largest absolute Gasteiger partial charge is 0.456 e. The van der Waals surface area contributed by atoms with Crippen molar-refractivity contribution in [3.05, 3.63) is 48.3 Å². The van der Waals surface area contributed by atoms with Crippen molar-refractivity contribution in [2.45, 2.75) is 66.6 Å². The molecular weight excluding hydrogens is 484 g/mol. The van der Waals surface area contributed by atoms with Crippen molar-refractivity contribution in [2.75, 3.05) is 31.1 Å². The molecule has 0 aliphatic carbocycles. The molecule has 1 saturated heterocycles. The predicted molar refractivity (Wildman–Crippen MR) is 149 cm³/mol. The maximum absolute atomic E-state index is 13.0. The van der Waals surface area contributed by atoms with Crippen molar-refractivity contribution >= 4 is 28.8 Å². The summed E-state index contributed by atoms with van der Waals surface area (Å²) in [6.07, 6.45) is 2.64. The number of rotatable bonds is 4. The normalized spacial score (nSPS) is 13.9. The molecule has 2 aromatic heterocycles. The number of benzene rings is 1. The van der Waals surface area contributed by atoms with Crippen LogP contribution in [-0.2, 0) is 9.47 Å². The summed E-state index contributed by atoms with van der Waals surface area (Å²) in [5.74, 6) is 0.356. The van der Waals surface area contributed by atoms with E-state index >= 15 is 0 Å². The number of hydrogen-bond acceptors (Lipinski definition) is 8. The summed E-state index contributed by atoms with van der Waals surface area (Å²) in [6, 6.07) is 9.07. The molecule has 0 bridgehead atoms. The minimum Gasteiger partial charge on any atom is -0.456 e. The lowest BCUT2D eigenvalue weighted by Crippen LogP contribution is -2.43. The predicted octanol–water partition coefficient (Wildman–Crippen LogP) is 6.00. The van der Waals surface area contributed by atoms with Gasteiger partial charge in [0.25, 0.3) is 0 Å². The topological polar surface area (TPSA) is 94.9 Å². The Hall–Kier alpha value is -3.59. The van der Waals surface area contributed by atoms with Gasteiger partial charge in [0.05, 0.1) is 6.20 Å². The number of piperazine rings is 1. The van der Waals surface area contributed by atoms with Crippen molar-refractivity contribution < 1.29 is 23.8 Å². The summed E-state index contributed by atoms with van der Waals surface area (Å²) in [6.45, 7) is 18.4. The number of nitrogens with one attached hydrogen (secondary N) is 1. The average Bonchev–Trinajstić information content (AvgIpc) is 3.27. The minimum absolute atomic E-state index is 0.329. The third-order valence-corrected chi connectivity index (χ3v) is 5.39. The summed E-state index contributed by atoms with van der Waals surface area (Å²) in [7, 11) is 0. The molecule has 0 radical (unpaired) electrons. The van der Waals surface area contributed by atoms with E-state index in [1.165, 1.54) is 10.8 Å². The van der Waals surface area contributed by atoms with Gasteiger partial charge in [-0.25, -0.2) is 19.1 Å². The van der Waals surface area contributed by atoms with E-state index in [1.807, 2.05) is 67.5 Å². The Morgan fingerprint density at radius 3 is 2.21 bits per heavy atom. The molecule has 3 aromatic rings. The van der Waals surface area contributed by atoms with Crippen LogP contribution in [0.1, 0.15) is 65.7 Å². The zero-order valence-electron chi connectivity index (χ0n) is 23.8. The number of aromatic nitrogens is 2. The van der Waals surface area contributed by atoms with Crippen molar-refractivity contribution in [1.82, 2.24) is 14.9 Å². The first-order chi connectivity index (χ1) is 17.9.